The molecule has 2 fully saturated rings. The second-order valence-corrected chi connectivity index (χ2v) is 13.8. The number of nitrogens with one attached hydrogen (secondary N) is 1. The first-order chi connectivity index (χ1) is 22.5. The number of carbonyl (C=O) groups excluding carboxylic acids is 4. The Balaban J connectivity index is 1.46. The number of aliphatic hydroxyl groups is 1. The van der Waals surface area contributed by atoms with Gasteiger partial charge in [0.2, 0.25) is 17.7 Å². The minimum absolute atomic E-state index is 0.0718. The van der Waals surface area contributed by atoms with Crippen LogP contribution < -0.4 is 5.32 Å². The lowest BCUT2D eigenvalue weighted by Gasteiger charge is -2.42. The van der Waals surface area contributed by atoms with E-state index in [4.69, 9.17) is 9.47 Å². The standard InChI is InChI=1S/C37H43N3O7/c1-36(2,3)39-20-12-19-37-31(34(44)40(32(37)35(39)45)26(22-41)21-24-13-6-4-7-14-24)30-28(47-37)17-10-11-18-29(42)46-23-27(38-33(30)43)25-15-8-5-9-16-25/h4-10,12-17,19,26-28,30-32,41H,11,18,20-23H2,1-3H3,(H,38,43)/b17-10-/t26-,27-,28+,30-,31-,32+,37-/m1/s1. The van der Waals surface area contributed by atoms with Crippen molar-refractivity contribution in [2.45, 2.75) is 75.4 Å². The molecule has 248 valence electrons. The normalized spacial score (nSPS) is 31.0. The Kier molecular flexibility index (Phi) is 9.09. The zero-order valence-corrected chi connectivity index (χ0v) is 27.1. The fourth-order valence-corrected chi connectivity index (χ4v) is 7.51. The molecule has 2 aromatic carbocycles. The minimum atomic E-state index is -1.47. The van der Waals surface area contributed by atoms with Crippen LogP contribution in [-0.4, -0.2) is 87.7 Å². The van der Waals surface area contributed by atoms with Crippen LogP contribution in [0.2, 0.25) is 0 Å². The molecular formula is C37H43N3O7. The number of likely N-dealkylation sites (tertiary alicyclic amines) is 1. The fourth-order valence-electron chi connectivity index (χ4n) is 7.51. The minimum Gasteiger partial charge on any atom is -0.463 e. The smallest absolute Gasteiger partial charge is 0.306 e. The molecule has 2 saturated heterocycles. The number of rotatable bonds is 5. The third-order valence-electron chi connectivity index (χ3n) is 9.73. The number of hydrogen-bond donors (Lipinski definition) is 2. The van der Waals surface area contributed by atoms with E-state index >= 15 is 0 Å². The molecule has 2 N–H and O–H groups in total. The van der Waals surface area contributed by atoms with Gasteiger partial charge in [-0.25, -0.2) is 0 Å². The highest BCUT2D eigenvalue weighted by atomic mass is 16.5. The average Bonchev–Trinajstić information content (AvgIpc) is 3.44. The number of ether oxygens (including phenoxy) is 2. The SMILES string of the molecule is CC(C)(C)N1CC=C[C@@]23O[C@H]4/C=C\CCC(=O)OC[C@H](c5ccccc5)NC(=O)[C@H]4[C@@H]2C(=O)N([C@@H](CO)Cc2ccccc2)[C@H]3C1=O. The van der Waals surface area contributed by atoms with Gasteiger partial charge < -0.3 is 29.7 Å². The zero-order valence-electron chi connectivity index (χ0n) is 27.1. The topological polar surface area (TPSA) is 125 Å². The summed E-state index contributed by atoms with van der Waals surface area (Å²) in [6.45, 7) is 5.66. The van der Waals surface area contributed by atoms with Crippen LogP contribution >= 0.6 is 0 Å². The first-order valence-corrected chi connectivity index (χ1v) is 16.4. The number of fused-ring (bicyclic) bond motifs is 2. The number of nitrogens with zero attached hydrogens (tertiary/aromatic N) is 2. The largest absolute Gasteiger partial charge is 0.463 e. The molecule has 6 rings (SSSR count). The molecule has 0 aromatic heterocycles. The molecule has 0 saturated carbocycles. The van der Waals surface area contributed by atoms with Crippen LogP contribution in [0.15, 0.2) is 85.0 Å². The quantitative estimate of drug-likeness (QED) is 0.380. The lowest BCUT2D eigenvalue weighted by molar-refractivity contribution is -0.153. The maximum absolute atomic E-state index is 14.9. The van der Waals surface area contributed by atoms with E-state index in [1.54, 1.807) is 23.1 Å². The van der Waals surface area contributed by atoms with Crippen molar-refractivity contribution in [3.8, 4) is 0 Å². The molecule has 10 heteroatoms. The molecule has 10 nitrogen and oxygen atoms in total. The van der Waals surface area contributed by atoms with Crippen molar-refractivity contribution in [2.24, 2.45) is 11.8 Å². The fraction of sp³-hybridized carbons (Fsp3) is 0.459. The van der Waals surface area contributed by atoms with Crippen LogP contribution in [0.5, 0.6) is 0 Å². The number of cyclic esters (lactones) is 1. The monoisotopic (exact) mass is 641 g/mol. The van der Waals surface area contributed by atoms with Gasteiger partial charge in [0, 0.05) is 18.5 Å². The predicted octanol–water partition coefficient (Wildman–Crippen LogP) is 3.12. The summed E-state index contributed by atoms with van der Waals surface area (Å²) >= 11 is 0. The van der Waals surface area contributed by atoms with Gasteiger partial charge in [-0.05, 0) is 44.7 Å². The molecule has 0 radical (unpaired) electrons. The Morgan fingerprint density at radius 1 is 0.979 bits per heavy atom. The van der Waals surface area contributed by atoms with Crippen molar-refractivity contribution in [1.29, 1.82) is 0 Å². The maximum Gasteiger partial charge on any atom is 0.306 e. The number of aliphatic hydroxyl groups excluding tert-OH is 1. The Labute approximate surface area is 275 Å². The van der Waals surface area contributed by atoms with Crippen LogP contribution in [0.1, 0.15) is 50.8 Å². The summed E-state index contributed by atoms with van der Waals surface area (Å²) in [6.07, 6.45) is 7.13. The van der Waals surface area contributed by atoms with Crippen molar-refractivity contribution < 1.29 is 33.8 Å². The van der Waals surface area contributed by atoms with Gasteiger partial charge in [-0.3, -0.25) is 19.2 Å². The highest BCUT2D eigenvalue weighted by Crippen LogP contribution is 2.54. The van der Waals surface area contributed by atoms with Gasteiger partial charge >= 0.3 is 5.97 Å². The van der Waals surface area contributed by atoms with Gasteiger partial charge in [0.05, 0.1) is 36.6 Å². The third kappa shape index (κ3) is 6.12. The van der Waals surface area contributed by atoms with Gasteiger partial charge in [0.15, 0.2) is 0 Å². The summed E-state index contributed by atoms with van der Waals surface area (Å²) in [5.74, 6) is -3.58. The molecular weight excluding hydrogens is 598 g/mol. The van der Waals surface area contributed by atoms with Crippen molar-refractivity contribution in [3.05, 3.63) is 96.1 Å². The Hall–Kier alpha value is -4.28. The number of hydrogen-bond acceptors (Lipinski definition) is 7. The summed E-state index contributed by atoms with van der Waals surface area (Å²) in [7, 11) is 0. The van der Waals surface area contributed by atoms with Crippen molar-refractivity contribution >= 4 is 23.7 Å². The molecule has 4 aliphatic rings. The van der Waals surface area contributed by atoms with Crippen LogP contribution in [0.25, 0.3) is 0 Å². The maximum atomic E-state index is 14.9. The van der Waals surface area contributed by atoms with Crippen molar-refractivity contribution in [2.75, 3.05) is 19.8 Å². The second kappa shape index (κ2) is 13.1. The number of benzene rings is 2. The van der Waals surface area contributed by atoms with E-state index in [0.717, 1.165) is 11.1 Å². The molecule has 0 bridgehead atoms. The Bertz CT molecular complexity index is 1550. The van der Waals surface area contributed by atoms with Crippen molar-refractivity contribution in [1.82, 2.24) is 15.1 Å². The average molecular weight is 642 g/mol. The van der Waals surface area contributed by atoms with Crippen molar-refractivity contribution in [3.63, 3.8) is 0 Å². The number of amides is 3. The van der Waals surface area contributed by atoms with E-state index in [0.29, 0.717) is 19.4 Å². The van der Waals surface area contributed by atoms with Crippen LogP contribution in [0, 0.1) is 11.8 Å². The summed E-state index contributed by atoms with van der Waals surface area (Å²) < 4.78 is 12.4. The van der Waals surface area contributed by atoms with E-state index < -0.39 is 59.0 Å². The number of allylic oxidation sites excluding steroid dienone is 1. The van der Waals surface area contributed by atoms with Crippen LogP contribution in [0.3, 0.4) is 0 Å². The van der Waals surface area contributed by atoms with E-state index in [-0.39, 0.29) is 31.5 Å². The molecule has 0 aliphatic carbocycles. The third-order valence-corrected chi connectivity index (χ3v) is 9.73. The van der Waals surface area contributed by atoms with Crippen LogP contribution in [0.4, 0.5) is 0 Å². The highest BCUT2D eigenvalue weighted by molar-refractivity contribution is 6.00. The molecule has 4 heterocycles. The van der Waals surface area contributed by atoms with Crippen LogP contribution in [-0.2, 0) is 35.1 Å². The van der Waals surface area contributed by atoms with E-state index in [1.165, 1.54) is 4.90 Å². The summed E-state index contributed by atoms with van der Waals surface area (Å²) in [6, 6.07) is 16.2. The summed E-state index contributed by atoms with van der Waals surface area (Å²) in [4.78, 5) is 59.7. The lowest BCUT2D eigenvalue weighted by Crippen LogP contribution is -2.61. The van der Waals surface area contributed by atoms with E-state index in [9.17, 15) is 24.3 Å². The molecule has 0 unspecified atom stereocenters. The Morgan fingerprint density at radius 2 is 1.68 bits per heavy atom. The predicted molar refractivity (Wildman–Crippen MR) is 174 cm³/mol. The molecule has 2 aromatic rings. The second-order valence-electron chi connectivity index (χ2n) is 13.8. The van der Waals surface area contributed by atoms with E-state index in [1.807, 2.05) is 87.5 Å². The molecule has 4 aliphatic heterocycles. The lowest BCUT2D eigenvalue weighted by atomic mass is 9.77. The summed E-state index contributed by atoms with van der Waals surface area (Å²) in [5.41, 5.74) is -0.394. The van der Waals surface area contributed by atoms with E-state index in [2.05, 4.69) is 5.32 Å². The molecule has 1 spiro atoms. The highest BCUT2D eigenvalue weighted by Gasteiger charge is 2.72. The first kappa shape index (κ1) is 32.7. The summed E-state index contributed by atoms with van der Waals surface area (Å²) in [5, 5.41) is 13.8. The van der Waals surface area contributed by atoms with Gasteiger partial charge in [-0.15, -0.1) is 0 Å². The van der Waals surface area contributed by atoms with Gasteiger partial charge in [0.1, 0.15) is 18.2 Å². The molecule has 7 atom stereocenters. The number of esters is 1. The van der Waals surface area contributed by atoms with Gasteiger partial charge in [-0.2, -0.15) is 0 Å². The van der Waals surface area contributed by atoms with Gasteiger partial charge in [-0.1, -0.05) is 85.0 Å². The molecule has 3 amide bonds. The first-order valence-electron chi connectivity index (χ1n) is 16.4. The Morgan fingerprint density at radius 3 is 2.36 bits per heavy atom. The zero-order chi connectivity index (χ0) is 33.3. The molecule has 47 heavy (non-hydrogen) atoms. The van der Waals surface area contributed by atoms with Gasteiger partial charge in [0.25, 0.3) is 0 Å². The number of carbonyl (C=O) groups is 4.